The van der Waals surface area contributed by atoms with Crippen molar-refractivity contribution in [3.05, 3.63) is 59.8 Å². The fourth-order valence-electron chi connectivity index (χ4n) is 2.99. The second-order valence-corrected chi connectivity index (χ2v) is 5.31. The first-order chi connectivity index (χ1) is 10.6. The largest absolute Gasteiger partial charge is 0.478 e. The molecule has 1 aliphatic rings. The van der Waals surface area contributed by atoms with Gasteiger partial charge in [-0.15, -0.1) is 0 Å². The summed E-state index contributed by atoms with van der Waals surface area (Å²) in [5.41, 5.74) is 1.73. The van der Waals surface area contributed by atoms with E-state index in [-0.39, 0.29) is 17.8 Å². The highest BCUT2D eigenvalue weighted by Crippen LogP contribution is 2.33. The van der Waals surface area contributed by atoms with Crippen LogP contribution in [0.15, 0.2) is 48.7 Å². The first-order valence-electron chi connectivity index (χ1n) is 6.93. The number of aliphatic carboxylic acids is 1. The van der Waals surface area contributed by atoms with Crippen LogP contribution in [0.5, 0.6) is 0 Å². The van der Waals surface area contributed by atoms with Gasteiger partial charge in [-0.3, -0.25) is 9.78 Å². The van der Waals surface area contributed by atoms with Crippen molar-refractivity contribution in [1.82, 2.24) is 4.98 Å². The maximum atomic E-state index is 12.3. The van der Waals surface area contributed by atoms with Gasteiger partial charge in [-0.25, -0.2) is 4.79 Å². The second kappa shape index (κ2) is 4.49. The van der Waals surface area contributed by atoms with Crippen LogP contribution in [0.4, 0.5) is 0 Å². The molecule has 22 heavy (non-hydrogen) atoms. The number of hydrogen-bond acceptors (Lipinski definition) is 3. The number of fused-ring (bicyclic) bond motifs is 4. The summed E-state index contributed by atoms with van der Waals surface area (Å²) in [6.45, 7) is 0. The van der Waals surface area contributed by atoms with E-state index in [4.69, 9.17) is 0 Å². The van der Waals surface area contributed by atoms with Gasteiger partial charge < -0.3 is 5.11 Å². The average Bonchev–Trinajstić information content (AvgIpc) is 2.52. The molecular weight excluding hydrogens is 278 g/mol. The average molecular weight is 289 g/mol. The summed E-state index contributed by atoms with van der Waals surface area (Å²) in [7, 11) is 0. The molecule has 4 rings (SSSR count). The zero-order valence-corrected chi connectivity index (χ0v) is 11.5. The van der Waals surface area contributed by atoms with E-state index in [2.05, 4.69) is 4.98 Å². The summed E-state index contributed by atoms with van der Waals surface area (Å²) < 4.78 is 0. The SMILES string of the molecule is O=C(O)C1=CCC(=O)c2c1cnc1cc3ccccc3cc21. The van der Waals surface area contributed by atoms with E-state index < -0.39 is 5.97 Å². The second-order valence-electron chi connectivity index (χ2n) is 5.31. The first-order valence-corrected chi connectivity index (χ1v) is 6.93. The molecule has 0 radical (unpaired) electrons. The lowest BCUT2D eigenvalue weighted by atomic mass is 9.88. The fourth-order valence-corrected chi connectivity index (χ4v) is 2.99. The highest BCUT2D eigenvalue weighted by Gasteiger charge is 2.25. The number of carboxylic acid groups (broad SMARTS) is 1. The van der Waals surface area contributed by atoms with Gasteiger partial charge in [-0.1, -0.05) is 30.3 Å². The van der Waals surface area contributed by atoms with Crippen LogP contribution in [-0.4, -0.2) is 21.8 Å². The molecule has 0 bridgehead atoms. The number of pyridine rings is 1. The Morgan fingerprint density at radius 1 is 1.14 bits per heavy atom. The van der Waals surface area contributed by atoms with Crippen molar-refractivity contribution in [3.63, 3.8) is 0 Å². The highest BCUT2D eigenvalue weighted by atomic mass is 16.4. The lowest BCUT2D eigenvalue weighted by Crippen LogP contribution is -2.13. The number of carbonyl (C=O) groups excluding carboxylic acids is 1. The maximum absolute atomic E-state index is 12.3. The van der Waals surface area contributed by atoms with E-state index >= 15 is 0 Å². The van der Waals surface area contributed by atoms with Crippen LogP contribution in [0.2, 0.25) is 0 Å². The third kappa shape index (κ3) is 1.74. The van der Waals surface area contributed by atoms with E-state index in [1.165, 1.54) is 12.3 Å². The number of ketones is 1. The molecule has 0 saturated heterocycles. The highest BCUT2D eigenvalue weighted by molar-refractivity contribution is 6.24. The Balaban J connectivity index is 2.12. The van der Waals surface area contributed by atoms with Gasteiger partial charge in [-0.05, 0) is 22.9 Å². The van der Waals surface area contributed by atoms with Crippen molar-refractivity contribution >= 4 is 39.0 Å². The number of rotatable bonds is 1. The molecule has 0 unspecified atom stereocenters. The smallest absolute Gasteiger partial charge is 0.336 e. The zero-order chi connectivity index (χ0) is 15.3. The predicted molar refractivity (Wildman–Crippen MR) is 83.8 cm³/mol. The number of nitrogens with zero attached hydrogens (tertiary/aromatic N) is 1. The van der Waals surface area contributed by atoms with Crippen molar-refractivity contribution in [2.45, 2.75) is 6.42 Å². The number of carbonyl (C=O) groups is 2. The maximum Gasteiger partial charge on any atom is 0.336 e. The van der Waals surface area contributed by atoms with Crippen molar-refractivity contribution < 1.29 is 14.7 Å². The zero-order valence-electron chi connectivity index (χ0n) is 11.5. The summed E-state index contributed by atoms with van der Waals surface area (Å²) in [5.74, 6) is -1.10. The van der Waals surface area contributed by atoms with Gasteiger partial charge in [0.1, 0.15) is 0 Å². The van der Waals surface area contributed by atoms with E-state index in [0.29, 0.717) is 22.0 Å². The molecule has 0 saturated carbocycles. The molecule has 3 aromatic rings. The fraction of sp³-hybridized carbons (Fsp3) is 0.0556. The molecule has 0 atom stereocenters. The summed E-state index contributed by atoms with van der Waals surface area (Å²) in [6, 6.07) is 11.7. The van der Waals surface area contributed by atoms with Crippen LogP contribution in [0.25, 0.3) is 27.2 Å². The minimum atomic E-state index is -1.03. The summed E-state index contributed by atoms with van der Waals surface area (Å²) in [5, 5.41) is 12.1. The lowest BCUT2D eigenvalue weighted by Gasteiger charge is -2.16. The number of benzene rings is 2. The molecule has 0 aliphatic heterocycles. The number of aromatic nitrogens is 1. The Bertz CT molecular complexity index is 1000. The molecule has 4 heteroatoms. The summed E-state index contributed by atoms with van der Waals surface area (Å²) in [4.78, 5) is 28.1. The van der Waals surface area contributed by atoms with Crippen molar-refractivity contribution in [2.75, 3.05) is 0 Å². The summed E-state index contributed by atoms with van der Waals surface area (Å²) >= 11 is 0. The topological polar surface area (TPSA) is 67.3 Å². The third-order valence-corrected chi connectivity index (χ3v) is 4.03. The van der Waals surface area contributed by atoms with Crippen LogP contribution >= 0.6 is 0 Å². The molecule has 4 nitrogen and oxygen atoms in total. The van der Waals surface area contributed by atoms with Crippen LogP contribution in [0.3, 0.4) is 0 Å². The van der Waals surface area contributed by atoms with Crippen LogP contribution in [0, 0.1) is 0 Å². The molecule has 0 amide bonds. The van der Waals surface area contributed by atoms with Gasteiger partial charge in [0.15, 0.2) is 5.78 Å². The van der Waals surface area contributed by atoms with Gasteiger partial charge in [0.2, 0.25) is 0 Å². The monoisotopic (exact) mass is 289 g/mol. The number of hydrogen-bond donors (Lipinski definition) is 1. The molecule has 1 heterocycles. The Morgan fingerprint density at radius 3 is 2.59 bits per heavy atom. The molecule has 1 N–H and O–H groups in total. The Morgan fingerprint density at radius 2 is 1.86 bits per heavy atom. The van der Waals surface area contributed by atoms with Gasteiger partial charge in [0.05, 0.1) is 11.1 Å². The van der Waals surface area contributed by atoms with Crippen molar-refractivity contribution in [2.24, 2.45) is 0 Å². The number of carboxylic acids is 1. The number of allylic oxidation sites excluding steroid dienone is 1. The van der Waals surface area contributed by atoms with Crippen LogP contribution in [0.1, 0.15) is 22.3 Å². The Hall–Kier alpha value is -3.01. The Kier molecular flexibility index (Phi) is 2.60. The standard InChI is InChI=1S/C18H11NO3/c20-16-6-5-12(18(21)22)14-9-19-15-8-11-4-2-1-3-10(11)7-13(15)17(14)16/h1-5,7-9H,6H2,(H,21,22). The van der Waals surface area contributed by atoms with Gasteiger partial charge >= 0.3 is 5.97 Å². The summed E-state index contributed by atoms with van der Waals surface area (Å²) in [6.07, 6.45) is 3.06. The minimum absolute atomic E-state index is 0.0670. The van der Waals surface area contributed by atoms with E-state index in [1.54, 1.807) is 0 Å². The first kappa shape index (κ1) is 12.7. The molecule has 2 aromatic carbocycles. The lowest BCUT2D eigenvalue weighted by molar-refractivity contribution is -0.130. The predicted octanol–water partition coefficient (Wildman–Crippen LogP) is 3.44. The normalized spacial score (nSPS) is 14.0. The molecule has 0 fully saturated rings. The Labute approximate surface area is 125 Å². The van der Waals surface area contributed by atoms with Gasteiger partial charge in [-0.2, -0.15) is 0 Å². The minimum Gasteiger partial charge on any atom is -0.478 e. The molecule has 1 aromatic heterocycles. The van der Waals surface area contributed by atoms with E-state index in [1.807, 2.05) is 36.4 Å². The molecule has 0 spiro atoms. The van der Waals surface area contributed by atoms with Gasteiger partial charge in [0, 0.05) is 29.1 Å². The van der Waals surface area contributed by atoms with Crippen LogP contribution in [-0.2, 0) is 4.79 Å². The van der Waals surface area contributed by atoms with Crippen LogP contribution < -0.4 is 0 Å². The number of Topliss-reactive ketones (excluding diaryl/α,β-unsaturated/α-hetero) is 1. The molecule has 1 aliphatic carbocycles. The molecule has 106 valence electrons. The molecular formula is C18H11NO3. The van der Waals surface area contributed by atoms with E-state index in [9.17, 15) is 14.7 Å². The van der Waals surface area contributed by atoms with Crippen molar-refractivity contribution in [3.8, 4) is 0 Å². The third-order valence-electron chi connectivity index (χ3n) is 4.03. The van der Waals surface area contributed by atoms with E-state index in [0.717, 1.165) is 10.8 Å². The van der Waals surface area contributed by atoms with Gasteiger partial charge in [0.25, 0.3) is 0 Å². The van der Waals surface area contributed by atoms with Crippen molar-refractivity contribution in [1.29, 1.82) is 0 Å². The quantitative estimate of drug-likeness (QED) is 0.697.